The van der Waals surface area contributed by atoms with Crippen molar-refractivity contribution in [3.63, 3.8) is 0 Å². The van der Waals surface area contributed by atoms with E-state index >= 15 is 0 Å². The number of aliphatic carboxylic acids is 4. The van der Waals surface area contributed by atoms with E-state index in [2.05, 4.69) is 30.8 Å². The van der Waals surface area contributed by atoms with Gasteiger partial charge in [-0.05, 0) is 60.6 Å². The summed E-state index contributed by atoms with van der Waals surface area (Å²) in [5.41, 5.74) is 0.829. The van der Waals surface area contributed by atoms with Crippen LogP contribution in [-0.2, 0) is 55.8 Å². The normalized spacial score (nSPS) is 14.3. The Hall–Kier alpha value is -6.58. The fraction of sp³-hybridized carbons (Fsp3) is 0.447. The quantitative estimate of drug-likeness (QED) is 0.0329. The van der Waals surface area contributed by atoms with Crippen LogP contribution in [0.3, 0.4) is 0 Å². The van der Waals surface area contributed by atoms with Crippen LogP contribution in [0, 0.1) is 5.92 Å². The molecule has 2 aromatic carbocycles. The molecule has 2 aromatic rings. The van der Waals surface area contributed by atoms with Crippen LogP contribution >= 0.6 is 7.82 Å². The number of hydrogen-bond acceptors (Lipinski definition) is 13. The highest BCUT2D eigenvalue weighted by atomic mass is 31.2. The molecular formula is C38H50N5O18P. The number of nitrogens with one attached hydrogen (secondary N) is 4. The largest absolute Gasteiger partial charge is 0.524 e. The second-order valence-corrected chi connectivity index (χ2v) is 15.2. The Labute approximate surface area is 353 Å². The SMILES string of the molecule is CC[C@H](C)[C@H](NC(=O)[C@H](CCC(=O)O)NC(=O)[C@H](CCC(=O)O)NC(=O)[C@H](Cc1ccc(OP(=O)(O)O)cc1)N=CCc1ccc(O)c(O)c1)C(=O)N[C@@H](CCC(=O)O)C(=O)O. The Morgan fingerprint density at radius 2 is 1.16 bits per heavy atom. The van der Waals surface area contributed by atoms with E-state index in [1.807, 2.05) is 0 Å². The summed E-state index contributed by atoms with van der Waals surface area (Å²) in [6, 6.07) is 1.17. The zero-order chi connectivity index (χ0) is 46.7. The minimum atomic E-state index is -4.90. The number of phenols is 2. The van der Waals surface area contributed by atoms with Crippen LogP contribution in [0.1, 0.15) is 69.9 Å². The summed E-state index contributed by atoms with van der Waals surface area (Å²) in [6.45, 7) is 3.17. The number of carboxylic acids is 4. The summed E-state index contributed by atoms with van der Waals surface area (Å²) >= 11 is 0. The minimum Gasteiger partial charge on any atom is -0.504 e. The molecule has 0 fully saturated rings. The molecule has 0 bridgehead atoms. The third-order valence-corrected chi connectivity index (χ3v) is 9.59. The van der Waals surface area contributed by atoms with Crippen LogP contribution < -0.4 is 25.8 Å². The number of benzene rings is 2. The average molecular weight is 896 g/mol. The van der Waals surface area contributed by atoms with Gasteiger partial charge in [0.1, 0.15) is 36.0 Å². The minimum absolute atomic E-state index is 0.0188. The lowest BCUT2D eigenvalue weighted by Gasteiger charge is -2.28. The Kier molecular flexibility index (Phi) is 20.5. The topological polar surface area (TPSA) is 385 Å². The molecule has 62 heavy (non-hydrogen) atoms. The van der Waals surface area contributed by atoms with Gasteiger partial charge in [-0.25, -0.2) is 9.36 Å². The monoisotopic (exact) mass is 895 g/mol. The number of rotatable bonds is 27. The van der Waals surface area contributed by atoms with Crippen molar-refractivity contribution in [3.8, 4) is 17.2 Å². The van der Waals surface area contributed by atoms with Gasteiger partial charge in [-0.3, -0.25) is 48.3 Å². The summed E-state index contributed by atoms with van der Waals surface area (Å²) < 4.78 is 15.8. The van der Waals surface area contributed by atoms with E-state index in [0.29, 0.717) is 11.1 Å². The van der Waals surface area contributed by atoms with E-state index in [1.54, 1.807) is 6.92 Å². The first kappa shape index (κ1) is 51.6. The summed E-state index contributed by atoms with van der Waals surface area (Å²) in [5.74, 6) is -11.6. The highest BCUT2D eigenvalue weighted by Gasteiger charge is 2.34. The maximum atomic E-state index is 13.9. The maximum absolute atomic E-state index is 13.9. The molecule has 0 aliphatic heterocycles. The molecule has 0 heterocycles. The van der Waals surface area contributed by atoms with Crippen molar-refractivity contribution in [2.24, 2.45) is 10.9 Å². The molecular weight excluding hydrogens is 845 g/mol. The number of phenolic OH excluding ortho intramolecular Hbond substituents is 2. The second-order valence-electron chi connectivity index (χ2n) is 14.0. The van der Waals surface area contributed by atoms with Gasteiger partial charge in [0.15, 0.2) is 11.5 Å². The Morgan fingerprint density at radius 1 is 0.677 bits per heavy atom. The van der Waals surface area contributed by atoms with Gasteiger partial charge < -0.3 is 56.4 Å². The van der Waals surface area contributed by atoms with E-state index in [4.69, 9.17) is 14.9 Å². The number of carbonyl (C=O) groups is 8. The van der Waals surface area contributed by atoms with Crippen LogP contribution in [0.25, 0.3) is 0 Å². The number of aromatic hydroxyl groups is 2. The first-order valence-corrected chi connectivity index (χ1v) is 20.5. The molecule has 0 unspecified atom stereocenters. The molecule has 0 aliphatic rings. The number of amides is 4. The molecule has 0 radical (unpaired) electrons. The van der Waals surface area contributed by atoms with Gasteiger partial charge in [0.05, 0.1) is 0 Å². The molecule has 23 nitrogen and oxygen atoms in total. The molecule has 0 spiro atoms. The van der Waals surface area contributed by atoms with Crippen LogP contribution in [0.15, 0.2) is 47.5 Å². The van der Waals surface area contributed by atoms with Crippen molar-refractivity contribution in [1.82, 2.24) is 21.3 Å². The van der Waals surface area contributed by atoms with Crippen molar-refractivity contribution >= 4 is 61.5 Å². The second kappa shape index (κ2) is 24.6. The average Bonchev–Trinajstić information content (AvgIpc) is 3.18. The molecule has 24 heteroatoms. The van der Waals surface area contributed by atoms with Crippen LogP contribution in [0.2, 0.25) is 0 Å². The molecule has 0 aliphatic carbocycles. The van der Waals surface area contributed by atoms with Crippen molar-refractivity contribution in [2.75, 3.05) is 0 Å². The summed E-state index contributed by atoms with van der Waals surface area (Å²) in [4.78, 5) is 123. The Morgan fingerprint density at radius 3 is 1.65 bits per heavy atom. The molecule has 0 saturated carbocycles. The molecule has 4 amide bonds. The van der Waals surface area contributed by atoms with E-state index in [1.165, 1.54) is 55.6 Å². The fourth-order valence-electron chi connectivity index (χ4n) is 5.60. The number of carbonyl (C=O) groups excluding carboxylic acids is 4. The zero-order valence-corrected chi connectivity index (χ0v) is 34.4. The lowest BCUT2D eigenvalue weighted by Crippen LogP contribution is -2.59. The lowest BCUT2D eigenvalue weighted by atomic mass is 9.96. The molecule has 0 saturated heterocycles. The Bertz CT molecular complexity index is 2010. The van der Waals surface area contributed by atoms with Gasteiger partial charge >= 0.3 is 31.7 Å². The number of aliphatic imine (C=N–C) groups is 1. The Balaban J connectivity index is 2.44. The smallest absolute Gasteiger partial charge is 0.504 e. The first-order valence-electron chi connectivity index (χ1n) is 19.0. The van der Waals surface area contributed by atoms with Crippen molar-refractivity contribution in [3.05, 3.63) is 53.6 Å². The summed E-state index contributed by atoms with van der Waals surface area (Å²) in [7, 11) is -4.90. The third kappa shape index (κ3) is 18.8. The zero-order valence-electron chi connectivity index (χ0n) is 33.5. The number of phosphoric ester groups is 1. The predicted octanol–water partition coefficient (Wildman–Crippen LogP) is 0.458. The van der Waals surface area contributed by atoms with Gasteiger partial charge in [-0.1, -0.05) is 38.5 Å². The highest BCUT2D eigenvalue weighted by Crippen LogP contribution is 2.37. The van der Waals surface area contributed by atoms with Gasteiger partial charge in [0.25, 0.3) is 0 Å². The molecule has 0 aromatic heterocycles. The van der Waals surface area contributed by atoms with E-state index < -0.39 is 136 Å². The fourth-order valence-corrected chi connectivity index (χ4v) is 5.99. The van der Waals surface area contributed by atoms with Crippen LogP contribution in [0.4, 0.5) is 0 Å². The summed E-state index contributed by atoms with van der Waals surface area (Å²) in [6.07, 6.45) is -2.28. The van der Waals surface area contributed by atoms with Gasteiger partial charge in [0, 0.05) is 38.3 Å². The van der Waals surface area contributed by atoms with Gasteiger partial charge in [-0.2, -0.15) is 0 Å². The van der Waals surface area contributed by atoms with Gasteiger partial charge in [-0.15, -0.1) is 0 Å². The van der Waals surface area contributed by atoms with Crippen molar-refractivity contribution in [2.45, 2.75) is 102 Å². The number of hydrogen-bond donors (Lipinski definition) is 12. The van der Waals surface area contributed by atoms with E-state index in [-0.39, 0.29) is 30.8 Å². The third-order valence-electron chi connectivity index (χ3n) is 9.15. The standard InChI is InChI=1S/C38H50N5O18P/c1-3-20(2)33(37(55)42-26(38(56)57)11-15-32(50)51)43-35(53)25(10-14-31(48)49)40-34(52)24(9-13-30(46)47)41-36(54)27(39-17-16-22-6-12-28(44)29(45)19-22)18-21-4-7-23(8-5-21)61-62(58,59)60/h4-8,12,17,19-20,24-27,33,44-45H,3,9-11,13-16,18H2,1-2H3,(H,40,52)(H,41,54)(H,42,55)(H,43,53)(H,46,47)(H,48,49)(H,50,51)(H,56,57)(H2,58,59,60)/t20-,24-,25-,26-,27-,33-/m0/s1. The molecule has 2 rings (SSSR count). The van der Waals surface area contributed by atoms with Crippen molar-refractivity contribution < 1.29 is 87.9 Å². The maximum Gasteiger partial charge on any atom is 0.524 e. The molecule has 12 N–H and O–H groups in total. The van der Waals surface area contributed by atoms with Crippen LogP contribution in [0.5, 0.6) is 17.2 Å². The molecule has 340 valence electrons. The number of carboxylic acid groups (broad SMARTS) is 4. The number of phosphoric acid groups is 1. The highest BCUT2D eigenvalue weighted by molar-refractivity contribution is 7.46. The first-order chi connectivity index (χ1) is 29.0. The molecule has 6 atom stereocenters. The van der Waals surface area contributed by atoms with Crippen molar-refractivity contribution in [1.29, 1.82) is 0 Å². The van der Waals surface area contributed by atoms with Crippen LogP contribution in [-0.4, -0.2) is 124 Å². The lowest BCUT2D eigenvalue weighted by molar-refractivity contribution is -0.144. The number of nitrogens with zero attached hydrogens (tertiary/aromatic N) is 1. The van der Waals surface area contributed by atoms with E-state index in [0.717, 1.165) is 0 Å². The van der Waals surface area contributed by atoms with Gasteiger partial charge in [0.2, 0.25) is 23.6 Å². The summed E-state index contributed by atoms with van der Waals surface area (Å²) in [5, 5.41) is 66.2. The van der Waals surface area contributed by atoms with E-state index in [9.17, 15) is 68.5 Å². The predicted molar refractivity (Wildman–Crippen MR) is 214 cm³/mol.